The van der Waals surface area contributed by atoms with E-state index in [0.29, 0.717) is 17.9 Å². The number of aryl methyl sites for hydroxylation is 2. The molecule has 0 spiro atoms. The minimum absolute atomic E-state index is 0.212. The molecule has 1 unspecified atom stereocenters. The third-order valence-electron chi connectivity index (χ3n) is 5.07. The van der Waals surface area contributed by atoms with Gasteiger partial charge in [0.25, 0.3) is 5.91 Å². The largest absolute Gasteiger partial charge is 0.338 e. The van der Waals surface area contributed by atoms with E-state index < -0.39 is 0 Å². The van der Waals surface area contributed by atoms with Gasteiger partial charge in [-0.2, -0.15) is 0 Å². The van der Waals surface area contributed by atoms with Gasteiger partial charge < -0.3 is 10.6 Å². The molecule has 1 aliphatic carbocycles. The van der Waals surface area contributed by atoms with E-state index in [1.54, 1.807) is 0 Å². The van der Waals surface area contributed by atoms with Crippen LogP contribution in [0.5, 0.6) is 0 Å². The topological polar surface area (TPSA) is 46.3 Å². The number of hydrogen-bond donors (Lipinski definition) is 1. The number of rotatable bonds is 1. The molecule has 1 saturated carbocycles. The molecule has 1 heterocycles. The maximum absolute atomic E-state index is 12.8. The van der Waals surface area contributed by atoms with Crippen molar-refractivity contribution in [2.45, 2.75) is 39.2 Å². The number of carbonyl (C=O) groups excluding carboxylic acids is 1. The summed E-state index contributed by atoms with van der Waals surface area (Å²) in [6.07, 6.45) is 3.39. The van der Waals surface area contributed by atoms with Gasteiger partial charge in [-0.1, -0.05) is 18.2 Å². The van der Waals surface area contributed by atoms with Crippen LogP contribution in [0.3, 0.4) is 0 Å². The third-order valence-corrected chi connectivity index (χ3v) is 5.07. The zero-order valence-corrected chi connectivity index (χ0v) is 12.4. The second-order valence-corrected chi connectivity index (χ2v) is 6.57. The first kappa shape index (κ1) is 13.6. The summed E-state index contributed by atoms with van der Waals surface area (Å²) >= 11 is 0. The molecule has 3 rings (SSSR count). The molecule has 20 heavy (non-hydrogen) atoms. The lowest BCUT2D eigenvalue weighted by Gasteiger charge is -2.27. The highest BCUT2D eigenvalue weighted by Gasteiger charge is 2.39. The van der Waals surface area contributed by atoms with Gasteiger partial charge in [-0.3, -0.25) is 4.79 Å². The molecule has 108 valence electrons. The first-order valence-electron chi connectivity index (χ1n) is 7.67. The van der Waals surface area contributed by atoms with E-state index in [9.17, 15) is 4.79 Å². The molecular weight excluding hydrogens is 248 g/mol. The van der Waals surface area contributed by atoms with Crippen LogP contribution in [0.1, 0.15) is 40.7 Å². The van der Waals surface area contributed by atoms with Crippen LogP contribution < -0.4 is 5.73 Å². The molecule has 3 heteroatoms. The van der Waals surface area contributed by atoms with Crippen LogP contribution in [0, 0.1) is 25.7 Å². The lowest BCUT2D eigenvalue weighted by atomic mass is 9.79. The molecule has 0 aromatic heterocycles. The van der Waals surface area contributed by atoms with Gasteiger partial charge in [0.15, 0.2) is 0 Å². The van der Waals surface area contributed by atoms with Crippen molar-refractivity contribution in [3.63, 3.8) is 0 Å². The summed E-state index contributed by atoms with van der Waals surface area (Å²) < 4.78 is 0. The molecule has 0 radical (unpaired) electrons. The van der Waals surface area contributed by atoms with E-state index in [1.807, 2.05) is 32.0 Å². The SMILES string of the molecule is Cc1cccc(C)c1C(=O)N1C[C@H]2CCC(N)C[C@H]2C1. The summed E-state index contributed by atoms with van der Waals surface area (Å²) in [5.41, 5.74) is 9.14. The number of benzene rings is 1. The highest BCUT2D eigenvalue weighted by atomic mass is 16.2. The van der Waals surface area contributed by atoms with E-state index in [4.69, 9.17) is 5.73 Å². The van der Waals surface area contributed by atoms with Gasteiger partial charge in [0.1, 0.15) is 0 Å². The summed E-state index contributed by atoms with van der Waals surface area (Å²) in [6, 6.07) is 6.41. The average molecular weight is 272 g/mol. The molecule has 2 N–H and O–H groups in total. The van der Waals surface area contributed by atoms with E-state index in [0.717, 1.165) is 42.6 Å². The summed E-state index contributed by atoms with van der Waals surface area (Å²) in [6.45, 7) is 5.87. The third kappa shape index (κ3) is 2.35. The van der Waals surface area contributed by atoms with Gasteiger partial charge >= 0.3 is 0 Å². The Morgan fingerprint density at radius 3 is 2.50 bits per heavy atom. The van der Waals surface area contributed by atoms with Gasteiger partial charge in [-0.25, -0.2) is 0 Å². The van der Waals surface area contributed by atoms with Crippen molar-refractivity contribution < 1.29 is 4.79 Å². The van der Waals surface area contributed by atoms with Crippen LogP contribution in [-0.4, -0.2) is 29.9 Å². The molecule has 1 aromatic rings. The van der Waals surface area contributed by atoms with Gasteiger partial charge in [0, 0.05) is 24.7 Å². The first-order chi connectivity index (χ1) is 9.56. The summed E-state index contributed by atoms with van der Waals surface area (Å²) in [5, 5.41) is 0. The Hall–Kier alpha value is -1.35. The highest BCUT2D eigenvalue weighted by molar-refractivity contribution is 5.97. The molecule has 1 amide bonds. The van der Waals surface area contributed by atoms with Crippen LogP contribution >= 0.6 is 0 Å². The second-order valence-electron chi connectivity index (χ2n) is 6.57. The van der Waals surface area contributed by atoms with Crippen molar-refractivity contribution in [2.24, 2.45) is 17.6 Å². The van der Waals surface area contributed by atoms with Crippen molar-refractivity contribution in [1.29, 1.82) is 0 Å². The number of amides is 1. The molecule has 1 aromatic carbocycles. The van der Waals surface area contributed by atoms with Crippen molar-refractivity contribution in [3.05, 3.63) is 34.9 Å². The number of carbonyl (C=O) groups is 1. The monoisotopic (exact) mass is 272 g/mol. The van der Waals surface area contributed by atoms with Crippen LogP contribution in [0.4, 0.5) is 0 Å². The number of nitrogens with zero attached hydrogens (tertiary/aromatic N) is 1. The highest BCUT2D eigenvalue weighted by Crippen LogP contribution is 2.36. The molecule has 3 nitrogen and oxygen atoms in total. The van der Waals surface area contributed by atoms with Crippen molar-refractivity contribution >= 4 is 5.91 Å². The molecule has 2 aliphatic rings. The molecule has 1 aliphatic heterocycles. The Kier molecular flexibility index (Phi) is 3.55. The standard InChI is InChI=1S/C17H24N2O/c1-11-4-3-5-12(2)16(11)17(20)19-9-13-6-7-15(18)8-14(13)10-19/h3-5,13-15H,6-10,18H2,1-2H3/t13-,14+,15?/m1/s1. The quantitative estimate of drug-likeness (QED) is 0.854. The number of likely N-dealkylation sites (tertiary alicyclic amines) is 1. The molecule has 0 bridgehead atoms. The summed E-state index contributed by atoms with van der Waals surface area (Å²) in [7, 11) is 0. The number of hydrogen-bond acceptors (Lipinski definition) is 2. The molecule has 2 fully saturated rings. The first-order valence-corrected chi connectivity index (χ1v) is 7.67. The lowest BCUT2D eigenvalue weighted by Crippen LogP contribution is -2.32. The maximum Gasteiger partial charge on any atom is 0.254 e. The summed E-state index contributed by atoms with van der Waals surface area (Å²) in [4.78, 5) is 14.9. The summed E-state index contributed by atoms with van der Waals surface area (Å²) in [5.74, 6) is 1.50. The van der Waals surface area contributed by atoms with Crippen LogP contribution in [-0.2, 0) is 0 Å². The Morgan fingerprint density at radius 2 is 1.80 bits per heavy atom. The Morgan fingerprint density at radius 1 is 1.15 bits per heavy atom. The Bertz CT molecular complexity index is 505. The van der Waals surface area contributed by atoms with Crippen LogP contribution in [0.25, 0.3) is 0 Å². The normalized spacial score (nSPS) is 29.4. The van der Waals surface area contributed by atoms with Crippen LogP contribution in [0.15, 0.2) is 18.2 Å². The van der Waals surface area contributed by atoms with Crippen molar-refractivity contribution in [3.8, 4) is 0 Å². The Labute approximate surface area is 121 Å². The fraction of sp³-hybridized carbons (Fsp3) is 0.588. The fourth-order valence-electron chi connectivity index (χ4n) is 3.94. The minimum Gasteiger partial charge on any atom is -0.338 e. The average Bonchev–Trinajstić information content (AvgIpc) is 2.81. The lowest BCUT2D eigenvalue weighted by molar-refractivity contribution is 0.0782. The maximum atomic E-state index is 12.8. The van der Waals surface area contributed by atoms with Crippen molar-refractivity contribution in [1.82, 2.24) is 4.90 Å². The van der Waals surface area contributed by atoms with E-state index in [1.165, 1.54) is 6.42 Å². The van der Waals surface area contributed by atoms with Crippen LogP contribution in [0.2, 0.25) is 0 Å². The molecular formula is C17H24N2O. The fourth-order valence-corrected chi connectivity index (χ4v) is 3.94. The Balaban J connectivity index is 1.79. The molecule has 1 saturated heterocycles. The second kappa shape index (κ2) is 5.21. The van der Waals surface area contributed by atoms with Gasteiger partial charge in [0.2, 0.25) is 0 Å². The molecule has 3 atom stereocenters. The van der Waals surface area contributed by atoms with Gasteiger partial charge in [-0.15, -0.1) is 0 Å². The number of fused-ring (bicyclic) bond motifs is 1. The zero-order valence-electron chi connectivity index (χ0n) is 12.4. The van der Waals surface area contributed by atoms with E-state index in [2.05, 4.69) is 4.90 Å². The van der Waals surface area contributed by atoms with E-state index in [-0.39, 0.29) is 5.91 Å². The van der Waals surface area contributed by atoms with Gasteiger partial charge in [-0.05, 0) is 56.1 Å². The van der Waals surface area contributed by atoms with E-state index >= 15 is 0 Å². The van der Waals surface area contributed by atoms with Crippen molar-refractivity contribution in [2.75, 3.05) is 13.1 Å². The van der Waals surface area contributed by atoms with Gasteiger partial charge in [0.05, 0.1) is 0 Å². The minimum atomic E-state index is 0.212. The smallest absolute Gasteiger partial charge is 0.254 e. The number of nitrogens with two attached hydrogens (primary N) is 1. The zero-order chi connectivity index (χ0) is 14.3. The predicted molar refractivity (Wildman–Crippen MR) is 80.6 cm³/mol. The predicted octanol–water partition coefficient (Wildman–Crippen LogP) is 2.50.